The summed E-state index contributed by atoms with van der Waals surface area (Å²) in [7, 11) is 2.93. The molecule has 0 radical (unpaired) electrons. The third-order valence-corrected chi connectivity index (χ3v) is 4.93. The van der Waals surface area contributed by atoms with Crippen molar-refractivity contribution in [2.24, 2.45) is 0 Å². The van der Waals surface area contributed by atoms with Gasteiger partial charge in [0.2, 0.25) is 0 Å². The van der Waals surface area contributed by atoms with E-state index in [9.17, 15) is 19.5 Å². The van der Waals surface area contributed by atoms with Crippen LogP contribution >= 0.6 is 15.9 Å². The number of carboxylic acid groups (broad SMARTS) is 1. The predicted octanol–water partition coefficient (Wildman–Crippen LogP) is 3.52. The molecule has 1 aromatic heterocycles. The van der Waals surface area contributed by atoms with E-state index in [0.29, 0.717) is 28.0 Å². The molecule has 0 spiro atoms. The van der Waals surface area contributed by atoms with Gasteiger partial charge in [-0.3, -0.25) is 9.59 Å². The molecule has 0 unspecified atom stereocenters. The summed E-state index contributed by atoms with van der Waals surface area (Å²) in [6.07, 6.45) is -0.397. The van der Waals surface area contributed by atoms with Crippen molar-refractivity contribution in [2.75, 3.05) is 14.2 Å². The Labute approximate surface area is 179 Å². The Morgan fingerprint density at radius 2 is 1.83 bits per heavy atom. The van der Waals surface area contributed by atoms with Crippen LogP contribution in [0.1, 0.15) is 28.4 Å². The van der Waals surface area contributed by atoms with E-state index >= 15 is 0 Å². The van der Waals surface area contributed by atoms with Crippen LogP contribution in [0, 0.1) is 0 Å². The SMILES string of the molecule is COc1ccc([C@H](CC(=O)O)NC(=O)c2cc3cc(Br)ccc3oc2=O)cc1OC. The molecular formula is C21H18BrNO7. The fourth-order valence-electron chi connectivity index (χ4n) is 2.98. The number of hydrogen-bond donors (Lipinski definition) is 2. The van der Waals surface area contributed by atoms with Gasteiger partial charge in [0.15, 0.2) is 11.5 Å². The molecule has 2 aromatic carbocycles. The minimum atomic E-state index is -1.12. The lowest BCUT2D eigenvalue weighted by Gasteiger charge is -2.19. The Bertz CT molecular complexity index is 1170. The zero-order valence-corrected chi connectivity index (χ0v) is 17.7. The quantitative estimate of drug-likeness (QED) is 0.502. The van der Waals surface area contributed by atoms with Gasteiger partial charge in [0.1, 0.15) is 11.1 Å². The van der Waals surface area contributed by atoms with Crippen LogP contribution in [-0.2, 0) is 4.79 Å². The molecule has 3 rings (SSSR count). The van der Waals surface area contributed by atoms with Crippen molar-refractivity contribution < 1.29 is 28.6 Å². The standard InChI is InChI=1S/C21H18BrNO7/c1-28-17-5-3-11(9-18(17)29-2)15(10-19(24)25)23-20(26)14-8-12-7-13(22)4-6-16(12)30-21(14)27/h3-9,15H,10H2,1-2H3,(H,23,26)(H,24,25)/t15-/m0/s1. The van der Waals surface area contributed by atoms with Crippen molar-refractivity contribution >= 4 is 38.8 Å². The molecule has 2 N–H and O–H groups in total. The number of methoxy groups -OCH3 is 2. The zero-order chi connectivity index (χ0) is 21.8. The summed E-state index contributed by atoms with van der Waals surface area (Å²) in [4.78, 5) is 36.5. The Morgan fingerprint density at radius 1 is 1.10 bits per heavy atom. The van der Waals surface area contributed by atoms with Crippen LogP contribution < -0.4 is 20.4 Å². The van der Waals surface area contributed by atoms with Crippen molar-refractivity contribution in [1.29, 1.82) is 0 Å². The molecule has 156 valence electrons. The molecule has 0 aliphatic heterocycles. The van der Waals surface area contributed by atoms with Gasteiger partial charge in [0.05, 0.1) is 26.7 Å². The summed E-state index contributed by atoms with van der Waals surface area (Å²) in [5.41, 5.74) is -0.224. The molecule has 8 nitrogen and oxygen atoms in total. The minimum absolute atomic E-state index is 0.225. The molecule has 1 amide bonds. The third kappa shape index (κ3) is 4.62. The average Bonchev–Trinajstić information content (AvgIpc) is 2.72. The number of aliphatic carboxylic acids is 1. The molecule has 0 aliphatic rings. The Morgan fingerprint density at radius 3 is 2.50 bits per heavy atom. The number of carbonyl (C=O) groups is 2. The van der Waals surface area contributed by atoms with Crippen LogP contribution in [0.2, 0.25) is 0 Å². The molecule has 1 atom stereocenters. The summed E-state index contributed by atoms with van der Waals surface area (Å²) in [6.45, 7) is 0. The van der Waals surface area contributed by atoms with Gasteiger partial charge in [-0.25, -0.2) is 4.79 Å². The van der Waals surface area contributed by atoms with Crippen molar-refractivity contribution in [3.05, 3.63) is 68.5 Å². The van der Waals surface area contributed by atoms with E-state index in [1.165, 1.54) is 20.3 Å². The van der Waals surface area contributed by atoms with Gasteiger partial charge in [-0.05, 0) is 42.0 Å². The number of amides is 1. The summed E-state index contributed by atoms with van der Waals surface area (Å²) in [5, 5.41) is 12.4. The van der Waals surface area contributed by atoms with Crippen LogP contribution in [-0.4, -0.2) is 31.2 Å². The second-order valence-corrected chi connectivity index (χ2v) is 7.28. The van der Waals surface area contributed by atoms with Gasteiger partial charge in [-0.1, -0.05) is 22.0 Å². The molecule has 0 bridgehead atoms. The van der Waals surface area contributed by atoms with E-state index in [2.05, 4.69) is 21.2 Å². The number of carboxylic acids is 1. The Kier molecular flexibility index (Phi) is 6.41. The monoisotopic (exact) mass is 475 g/mol. The maximum absolute atomic E-state index is 12.8. The van der Waals surface area contributed by atoms with Gasteiger partial charge in [-0.2, -0.15) is 0 Å². The number of carbonyl (C=O) groups excluding carboxylic acids is 1. The summed E-state index contributed by atoms with van der Waals surface area (Å²) < 4.78 is 16.4. The highest BCUT2D eigenvalue weighted by atomic mass is 79.9. The van der Waals surface area contributed by atoms with Crippen LogP contribution in [0.4, 0.5) is 0 Å². The fourth-order valence-corrected chi connectivity index (χ4v) is 3.36. The molecule has 3 aromatic rings. The van der Waals surface area contributed by atoms with E-state index in [0.717, 1.165) is 4.47 Å². The molecule has 0 saturated heterocycles. The number of benzene rings is 2. The smallest absolute Gasteiger partial charge is 0.349 e. The fraction of sp³-hybridized carbons (Fsp3) is 0.190. The van der Waals surface area contributed by atoms with Gasteiger partial charge >= 0.3 is 11.6 Å². The molecule has 9 heteroatoms. The van der Waals surface area contributed by atoms with E-state index < -0.39 is 30.0 Å². The highest BCUT2D eigenvalue weighted by Gasteiger charge is 2.23. The minimum Gasteiger partial charge on any atom is -0.493 e. The van der Waals surface area contributed by atoms with Gasteiger partial charge in [0.25, 0.3) is 5.91 Å². The lowest BCUT2D eigenvalue weighted by Crippen LogP contribution is -2.33. The molecule has 0 aliphatic carbocycles. The van der Waals surface area contributed by atoms with E-state index in [-0.39, 0.29) is 5.56 Å². The van der Waals surface area contributed by atoms with Gasteiger partial charge in [0, 0.05) is 9.86 Å². The van der Waals surface area contributed by atoms with Crippen molar-refractivity contribution in [3.63, 3.8) is 0 Å². The lowest BCUT2D eigenvalue weighted by atomic mass is 10.0. The van der Waals surface area contributed by atoms with Crippen LogP contribution in [0.5, 0.6) is 11.5 Å². The predicted molar refractivity (Wildman–Crippen MR) is 112 cm³/mol. The van der Waals surface area contributed by atoms with Gasteiger partial charge in [-0.15, -0.1) is 0 Å². The number of fused-ring (bicyclic) bond motifs is 1. The van der Waals surface area contributed by atoms with Crippen LogP contribution in [0.25, 0.3) is 11.0 Å². The second kappa shape index (κ2) is 9.00. The summed E-state index contributed by atoms with van der Waals surface area (Å²) in [5.74, 6) is -1.02. The maximum Gasteiger partial charge on any atom is 0.349 e. The first-order valence-electron chi connectivity index (χ1n) is 8.80. The number of hydrogen-bond acceptors (Lipinski definition) is 6. The lowest BCUT2D eigenvalue weighted by molar-refractivity contribution is -0.137. The molecule has 1 heterocycles. The second-order valence-electron chi connectivity index (χ2n) is 6.37. The average molecular weight is 476 g/mol. The molecule has 0 fully saturated rings. The van der Waals surface area contributed by atoms with Crippen molar-refractivity contribution in [3.8, 4) is 11.5 Å². The molecular weight excluding hydrogens is 458 g/mol. The number of halogens is 1. The Balaban J connectivity index is 1.96. The number of rotatable bonds is 7. The largest absolute Gasteiger partial charge is 0.493 e. The third-order valence-electron chi connectivity index (χ3n) is 4.43. The Hall–Kier alpha value is -3.33. The first kappa shape index (κ1) is 21.4. The topological polar surface area (TPSA) is 115 Å². The summed E-state index contributed by atoms with van der Waals surface area (Å²) in [6, 6.07) is 10.3. The van der Waals surface area contributed by atoms with Crippen molar-refractivity contribution in [2.45, 2.75) is 12.5 Å². The highest BCUT2D eigenvalue weighted by Crippen LogP contribution is 2.31. The normalized spacial score (nSPS) is 11.7. The van der Waals surface area contributed by atoms with E-state index in [1.807, 2.05) is 0 Å². The number of nitrogens with one attached hydrogen (secondary N) is 1. The molecule has 30 heavy (non-hydrogen) atoms. The van der Waals surface area contributed by atoms with E-state index in [1.54, 1.807) is 36.4 Å². The molecule has 0 saturated carbocycles. The van der Waals surface area contributed by atoms with Crippen molar-refractivity contribution in [1.82, 2.24) is 5.32 Å². The zero-order valence-electron chi connectivity index (χ0n) is 16.1. The van der Waals surface area contributed by atoms with Crippen LogP contribution in [0.3, 0.4) is 0 Å². The first-order chi connectivity index (χ1) is 14.3. The summed E-state index contributed by atoms with van der Waals surface area (Å²) >= 11 is 3.33. The maximum atomic E-state index is 12.8. The highest BCUT2D eigenvalue weighted by molar-refractivity contribution is 9.10. The van der Waals surface area contributed by atoms with E-state index in [4.69, 9.17) is 13.9 Å². The number of ether oxygens (including phenoxy) is 2. The van der Waals surface area contributed by atoms with Crippen LogP contribution in [0.15, 0.2) is 56.1 Å². The first-order valence-corrected chi connectivity index (χ1v) is 9.59. The van der Waals surface area contributed by atoms with Gasteiger partial charge < -0.3 is 24.3 Å².